The van der Waals surface area contributed by atoms with Crippen molar-refractivity contribution in [2.24, 2.45) is 10.7 Å². The van der Waals surface area contributed by atoms with Crippen molar-refractivity contribution < 1.29 is 9.59 Å². The standard InChI is InChI=1S/C6H9N3O2/c1-2-3-5(10)8-4-9-6(7)11/h2-4H,1H3,(H3,7,8,9,10,11). The van der Waals surface area contributed by atoms with Gasteiger partial charge in [-0.2, -0.15) is 4.99 Å². The first-order valence-electron chi connectivity index (χ1n) is 2.92. The number of amides is 3. The minimum atomic E-state index is -0.842. The predicted octanol–water partition coefficient (Wildman–Crippen LogP) is -0.214. The highest BCUT2D eigenvalue weighted by Crippen LogP contribution is 1.69. The summed E-state index contributed by atoms with van der Waals surface area (Å²) in [6.07, 6.45) is 3.81. The highest BCUT2D eigenvalue weighted by molar-refractivity contribution is 5.97. The van der Waals surface area contributed by atoms with Gasteiger partial charge in [0.25, 0.3) is 0 Å². The van der Waals surface area contributed by atoms with Crippen LogP contribution >= 0.6 is 0 Å². The first kappa shape index (κ1) is 9.35. The minimum absolute atomic E-state index is 0.350. The molecule has 0 aliphatic carbocycles. The summed E-state index contributed by atoms with van der Waals surface area (Å²) >= 11 is 0. The van der Waals surface area contributed by atoms with Gasteiger partial charge >= 0.3 is 6.03 Å². The van der Waals surface area contributed by atoms with Crippen molar-refractivity contribution in [3.8, 4) is 0 Å². The molecule has 0 aromatic heterocycles. The van der Waals surface area contributed by atoms with E-state index in [1.165, 1.54) is 6.08 Å². The Hall–Kier alpha value is -1.65. The van der Waals surface area contributed by atoms with Gasteiger partial charge in [-0.15, -0.1) is 0 Å². The molecular weight excluding hydrogens is 146 g/mol. The molecule has 11 heavy (non-hydrogen) atoms. The maximum Gasteiger partial charge on any atom is 0.339 e. The van der Waals surface area contributed by atoms with Crippen molar-refractivity contribution in [1.29, 1.82) is 0 Å². The molecule has 0 fully saturated rings. The summed E-state index contributed by atoms with van der Waals surface area (Å²) in [4.78, 5) is 23.7. The van der Waals surface area contributed by atoms with E-state index in [4.69, 9.17) is 0 Å². The zero-order valence-corrected chi connectivity index (χ0v) is 6.07. The van der Waals surface area contributed by atoms with Crippen LogP contribution in [0.15, 0.2) is 17.1 Å². The molecule has 0 heterocycles. The molecule has 0 rings (SSSR count). The van der Waals surface area contributed by atoms with Gasteiger partial charge in [-0.1, -0.05) is 6.08 Å². The van der Waals surface area contributed by atoms with E-state index in [-0.39, 0.29) is 5.91 Å². The molecular formula is C6H9N3O2. The van der Waals surface area contributed by atoms with Crippen LogP contribution in [0.25, 0.3) is 0 Å². The summed E-state index contributed by atoms with van der Waals surface area (Å²) in [5, 5.41) is 2.20. The van der Waals surface area contributed by atoms with Crippen molar-refractivity contribution >= 4 is 18.3 Å². The summed E-state index contributed by atoms with van der Waals surface area (Å²) in [5.41, 5.74) is 4.65. The predicted molar refractivity (Wildman–Crippen MR) is 41.0 cm³/mol. The van der Waals surface area contributed by atoms with Crippen molar-refractivity contribution in [3.63, 3.8) is 0 Å². The molecule has 0 spiro atoms. The van der Waals surface area contributed by atoms with E-state index >= 15 is 0 Å². The summed E-state index contributed by atoms with van der Waals surface area (Å²) in [5.74, 6) is -0.350. The average Bonchev–Trinajstić information content (AvgIpc) is 1.87. The third-order valence-electron chi connectivity index (χ3n) is 0.717. The Labute approximate surface area is 64.0 Å². The quantitative estimate of drug-likeness (QED) is 0.328. The van der Waals surface area contributed by atoms with Crippen LogP contribution in [0.1, 0.15) is 6.92 Å². The fraction of sp³-hybridized carbons (Fsp3) is 0.167. The number of allylic oxidation sites excluding steroid dienone is 1. The maximum atomic E-state index is 10.6. The van der Waals surface area contributed by atoms with Crippen molar-refractivity contribution in [1.82, 2.24) is 5.32 Å². The Morgan fingerprint density at radius 1 is 1.55 bits per heavy atom. The second kappa shape index (κ2) is 5.16. The van der Waals surface area contributed by atoms with Crippen LogP contribution in [0.3, 0.4) is 0 Å². The third kappa shape index (κ3) is 6.23. The van der Waals surface area contributed by atoms with E-state index in [2.05, 4.69) is 16.0 Å². The molecule has 0 atom stereocenters. The van der Waals surface area contributed by atoms with Crippen LogP contribution in [0.4, 0.5) is 4.79 Å². The van der Waals surface area contributed by atoms with E-state index in [0.29, 0.717) is 0 Å². The summed E-state index contributed by atoms with van der Waals surface area (Å²) in [6, 6.07) is -0.842. The van der Waals surface area contributed by atoms with Gasteiger partial charge in [0, 0.05) is 0 Å². The molecule has 0 aliphatic rings. The molecule has 3 N–H and O–H groups in total. The number of hydrogen-bond acceptors (Lipinski definition) is 2. The van der Waals surface area contributed by atoms with Gasteiger partial charge in [0.2, 0.25) is 5.91 Å². The van der Waals surface area contributed by atoms with E-state index in [1.807, 2.05) is 0 Å². The van der Waals surface area contributed by atoms with Gasteiger partial charge in [-0.3, -0.25) is 4.79 Å². The Kier molecular flexibility index (Phi) is 4.39. The van der Waals surface area contributed by atoms with Crippen LogP contribution in [0.5, 0.6) is 0 Å². The Morgan fingerprint density at radius 3 is 2.64 bits per heavy atom. The van der Waals surface area contributed by atoms with Crippen LogP contribution in [0.2, 0.25) is 0 Å². The van der Waals surface area contributed by atoms with Crippen LogP contribution < -0.4 is 11.1 Å². The molecule has 0 aliphatic heterocycles. The lowest BCUT2D eigenvalue weighted by Crippen LogP contribution is -2.20. The molecule has 5 nitrogen and oxygen atoms in total. The van der Waals surface area contributed by atoms with Gasteiger partial charge in [-0.25, -0.2) is 4.79 Å². The first-order chi connectivity index (χ1) is 5.16. The minimum Gasteiger partial charge on any atom is -0.350 e. The molecule has 0 saturated carbocycles. The molecule has 0 aromatic rings. The van der Waals surface area contributed by atoms with E-state index in [0.717, 1.165) is 6.34 Å². The molecule has 0 saturated heterocycles. The zero-order valence-electron chi connectivity index (χ0n) is 6.07. The number of nitrogens with two attached hydrogens (primary N) is 1. The SMILES string of the molecule is CC=CC(=O)NC=NC(N)=O. The number of nitrogens with one attached hydrogen (secondary N) is 1. The lowest BCUT2D eigenvalue weighted by Gasteiger charge is -1.88. The van der Waals surface area contributed by atoms with Crippen molar-refractivity contribution in [3.05, 3.63) is 12.2 Å². The van der Waals surface area contributed by atoms with Crippen molar-refractivity contribution in [2.45, 2.75) is 6.92 Å². The first-order valence-corrected chi connectivity index (χ1v) is 2.92. The second-order valence-corrected chi connectivity index (χ2v) is 1.61. The van der Waals surface area contributed by atoms with Crippen molar-refractivity contribution in [2.75, 3.05) is 0 Å². The highest BCUT2D eigenvalue weighted by Gasteiger charge is 1.88. The Bertz CT molecular complexity index is 208. The number of nitrogens with zero attached hydrogens (tertiary/aromatic N) is 1. The highest BCUT2D eigenvalue weighted by atomic mass is 16.2. The normalized spacial score (nSPS) is 10.6. The average molecular weight is 155 g/mol. The number of hydrogen-bond donors (Lipinski definition) is 2. The summed E-state index contributed by atoms with van der Waals surface area (Å²) in [7, 11) is 0. The van der Waals surface area contributed by atoms with E-state index < -0.39 is 6.03 Å². The maximum absolute atomic E-state index is 10.6. The number of carbonyl (C=O) groups is 2. The molecule has 3 amide bonds. The lowest BCUT2D eigenvalue weighted by molar-refractivity contribution is -0.115. The Morgan fingerprint density at radius 2 is 2.18 bits per heavy atom. The Balaban J connectivity index is 3.70. The third-order valence-corrected chi connectivity index (χ3v) is 0.717. The second-order valence-electron chi connectivity index (χ2n) is 1.61. The fourth-order valence-corrected chi connectivity index (χ4v) is 0.359. The zero-order chi connectivity index (χ0) is 8.69. The number of primary amides is 1. The van der Waals surface area contributed by atoms with E-state index in [1.54, 1.807) is 13.0 Å². The molecule has 0 radical (unpaired) electrons. The fourth-order valence-electron chi connectivity index (χ4n) is 0.359. The number of urea groups is 1. The lowest BCUT2D eigenvalue weighted by atomic mass is 10.5. The van der Waals surface area contributed by atoms with Crippen LogP contribution in [-0.4, -0.2) is 18.3 Å². The summed E-state index contributed by atoms with van der Waals surface area (Å²) in [6.45, 7) is 1.70. The monoisotopic (exact) mass is 155 g/mol. The topological polar surface area (TPSA) is 84.6 Å². The van der Waals surface area contributed by atoms with Gasteiger partial charge < -0.3 is 11.1 Å². The number of aliphatic imine (C=N–C) groups is 1. The molecule has 0 aromatic carbocycles. The molecule has 0 unspecified atom stereocenters. The summed E-state index contributed by atoms with van der Waals surface area (Å²) < 4.78 is 0. The van der Waals surface area contributed by atoms with E-state index in [9.17, 15) is 9.59 Å². The van der Waals surface area contributed by atoms with Crippen LogP contribution in [-0.2, 0) is 4.79 Å². The van der Waals surface area contributed by atoms with Gasteiger partial charge in [0.05, 0.1) is 0 Å². The van der Waals surface area contributed by atoms with Crippen LogP contribution in [0, 0.1) is 0 Å². The van der Waals surface area contributed by atoms with Gasteiger partial charge in [0.15, 0.2) is 0 Å². The molecule has 60 valence electrons. The van der Waals surface area contributed by atoms with Gasteiger partial charge in [-0.05, 0) is 13.0 Å². The smallest absolute Gasteiger partial charge is 0.339 e. The largest absolute Gasteiger partial charge is 0.350 e. The number of rotatable bonds is 2. The molecule has 0 bridgehead atoms. The molecule has 5 heteroatoms. The van der Waals surface area contributed by atoms with Gasteiger partial charge in [0.1, 0.15) is 6.34 Å². The number of carbonyl (C=O) groups excluding carboxylic acids is 2.